The summed E-state index contributed by atoms with van der Waals surface area (Å²) < 4.78 is 23.2. The van der Waals surface area contributed by atoms with Crippen molar-refractivity contribution < 1.29 is 9.13 Å². The first-order valence-electron chi connectivity index (χ1n) is 10.4. The van der Waals surface area contributed by atoms with Gasteiger partial charge in [-0.2, -0.15) is 14.5 Å². The minimum absolute atomic E-state index is 0.480. The van der Waals surface area contributed by atoms with E-state index in [2.05, 4.69) is 30.6 Å². The zero-order valence-corrected chi connectivity index (χ0v) is 17.4. The molecule has 9 heteroatoms. The van der Waals surface area contributed by atoms with Crippen molar-refractivity contribution in [1.82, 2.24) is 29.1 Å². The Morgan fingerprint density at radius 2 is 2.00 bits per heavy atom. The van der Waals surface area contributed by atoms with Gasteiger partial charge in [0.1, 0.15) is 11.3 Å². The number of ether oxygens (including phenoxy) is 1. The number of fused-ring (bicyclic) bond motifs is 2. The number of anilines is 1. The molecule has 8 nitrogen and oxygen atoms in total. The van der Waals surface area contributed by atoms with Gasteiger partial charge in [-0.15, -0.1) is 0 Å². The monoisotopic (exact) mass is 429 g/mol. The molecular weight excluding hydrogens is 409 g/mol. The van der Waals surface area contributed by atoms with Crippen molar-refractivity contribution in [2.75, 3.05) is 25.1 Å². The first-order chi connectivity index (χ1) is 15.7. The number of halogens is 1. The van der Waals surface area contributed by atoms with Gasteiger partial charge in [-0.05, 0) is 36.2 Å². The predicted octanol–water partition coefficient (Wildman–Crippen LogP) is 3.55. The fourth-order valence-electron chi connectivity index (χ4n) is 4.19. The van der Waals surface area contributed by atoms with Crippen molar-refractivity contribution in [3.05, 3.63) is 66.6 Å². The van der Waals surface area contributed by atoms with Gasteiger partial charge >= 0.3 is 0 Å². The van der Waals surface area contributed by atoms with E-state index in [0.717, 1.165) is 58.9 Å². The molecule has 1 aliphatic rings. The van der Waals surface area contributed by atoms with E-state index in [1.54, 1.807) is 17.8 Å². The molecule has 6 rings (SSSR count). The van der Waals surface area contributed by atoms with Gasteiger partial charge in [0.05, 0.1) is 25.4 Å². The number of hydrogen-bond acceptors (Lipinski definition) is 6. The molecule has 32 heavy (non-hydrogen) atoms. The van der Waals surface area contributed by atoms with Gasteiger partial charge in [0, 0.05) is 48.9 Å². The maximum Gasteiger partial charge on any atom is 0.213 e. The maximum absolute atomic E-state index is 13.7. The van der Waals surface area contributed by atoms with Crippen LogP contribution in [0.25, 0.3) is 27.8 Å². The highest BCUT2D eigenvalue weighted by Crippen LogP contribution is 2.34. The van der Waals surface area contributed by atoms with Gasteiger partial charge in [0.2, 0.25) is 11.9 Å². The molecule has 1 aliphatic heterocycles. The molecule has 0 aliphatic carbocycles. The first kappa shape index (κ1) is 18.7. The third kappa shape index (κ3) is 2.96. The van der Waals surface area contributed by atoms with Crippen molar-refractivity contribution in [1.29, 1.82) is 0 Å². The molecule has 160 valence electrons. The van der Waals surface area contributed by atoms with Crippen LogP contribution in [0.2, 0.25) is 0 Å². The number of nitrogens with zero attached hydrogens (tertiary/aromatic N) is 7. The van der Waals surface area contributed by atoms with Crippen molar-refractivity contribution in [3.63, 3.8) is 0 Å². The van der Waals surface area contributed by atoms with E-state index in [1.807, 2.05) is 30.6 Å². The van der Waals surface area contributed by atoms with E-state index in [1.165, 1.54) is 12.3 Å². The summed E-state index contributed by atoms with van der Waals surface area (Å²) in [6, 6.07) is 9.21. The van der Waals surface area contributed by atoms with Crippen LogP contribution in [0.15, 0.2) is 55.1 Å². The average Bonchev–Trinajstić information content (AvgIpc) is 3.34. The molecule has 0 aromatic carbocycles. The highest BCUT2D eigenvalue weighted by molar-refractivity contribution is 5.89. The van der Waals surface area contributed by atoms with Gasteiger partial charge in [0.15, 0.2) is 5.65 Å². The zero-order chi connectivity index (χ0) is 21.7. The third-order valence-corrected chi connectivity index (χ3v) is 5.90. The van der Waals surface area contributed by atoms with Gasteiger partial charge < -0.3 is 14.2 Å². The number of pyridine rings is 2. The number of methoxy groups -OCH3 is 1. The standard InChI is InChI=1S/C23H20FN7O/c1-32-19-4-7-27-31-10-5-17(21(19)31)16-12-18-22(26-13-16)28-23(29-8-2-9-29)30(18)14-15-3-6-25-20(24)11-15/h3-7,10-13H,2,8-9,14H2,1H3. The van der Waals surface area contributed by atoms with E-state index in [4.69, 9.17) is 9.72 Å². The molecule has 0 amide bonds. The van der Waals surface area contributed by atoms with Crippen LogP contribution in [-0.4, -0.2) is 49.3 Å². The van der Waals surface area contributed by atoms with Gasteiger partial charge in [-0.3, -0.25) is 0 Å². The van der Waals surface area contributed by atoms with Crippen LogP contribution in [0.4, 0.5) is 10.3 Å². The molecule has 1 fully saturated rings. The molecule has 0 spiro atoms. The van der Waals surface area contributed by atoms with Crippen molar-refractivity contribution in [2.24, 2.45) is 0 Å². The molecule has 0 atom stereocenters. The summed E-state index contributed by atoms with van der Waals surface area (Å²) in [5.74, 6) is 1.10. The normalized spacial score (nSPS) is 13.6. The first-order valence-corrected chi connectivity index (χ1v) is 10.4. The van der Waals surface area contributed by atoms with Gasteiger partial charge in [0.25, 0.3) is 0 Å². The highest BCUT2D eigenvalue weighted by Gasteiger charge is 2.23. The Morgan fingerprint density at radius 3 is 2.78 bits per heavy atom. The molecule has 0 N–H and O–H groups in total. The lowest BCUT2D eigenvalue weighted by molar-refractivity contribution is 0.417. The van der Waals surface area contributed by atoms with E-state index in [-0.39, 0.29) is 0 Å². The Kier molecular flexibility index (Phi) is 4.27. The van der Waals surface area contributed by atoms with Crippen LogP contribution in [0.5, 0.6) is 5.75 Å². The summed E-state index contributed by atoms with van der Waals surface area (Å²) in [5, 5.41) is 4.38. The zero-order valence-electron chi connectivity index (χ0n) is 17.4. The van der Waals surface area contributed by atoms with E-state index < -0.39 is 5.95 Å². The molecular formula is C23H20FN7O. The molecule has 0 unspecified atom stereocenters. The Balaban J connectivity index is 1.53. The average molecular weight is 429 g/mol. The molecule has 0 radical (unpaired) electrons. The van der Waals surface area contributed by atoms with Crippen LogP contribution < -0.4 is 9.64 Å². The molecule has 5 aromatic rings. The Hall–Kier alpha value is -4.01. The van der Waals surface area contributed by atoms with Crippen LogP contribution in [-0.2, 0) is 6.54 Å². The second kappa shape index (κ2) is 7.30. The molecule has 5 aromatic heterocycles. The molecule has 6 heterocycles. The van der Waals surface area contributed by atoms with Crippen LogP contribution in [0.3, 0.4) is 0 Å². The van der Waals surface area contributed by atoms with E-state index in [9.17, 15) is 4.39 Å². The second-order valence-corrected chi connectivity index (χ2v) is 7.81. The molecule has 0 bridgehead atoms. The number of imidazole rings is 1. The summed E-state index contributed by atoms with van der Waals surface area (Å²) in [5.41, 5.74) is 5.16. The Morgan fingerprint density at radius 1 is 1.09 bits per heavy atom. The van der Waals surface area contributed by atoms with Gasteiger partial charge in [-0.25, -0.2) is 14.5 Å². The highest BCUT2D eigenvalue weighted by atomic mass is 19.1. The molecule has 1 saturated heterocycles. The van der Waals surface area contributed by atoms with Crippen LogP contribution in [0.1, 0.15) is 12.0 Å². The second-order valence-electron chi connectivity index (χ2n) is 7.81. The molecule has 0 saturated carbocycles. The van der Waals surface area contributed by atoms with E-state index in [0.29, 0.717) is 12.2 Å². The number of rotatable bonds is 5. The maximum atomic E-state index is 13.7. The lowest BCUT2D eigenvalue weighted by atomic mass is 10.1. The smallest absolute Gasteiger partial charge is 0.213 e. The Labute approximate surface area is 182 Å². The fraction of sp³-hybridized carbons (Fsp3) is 0.217. The predicted molar refractivity (Wildman–Crippen MR) is 118 cm³/mol. The minimum atomic E-state index is -0.490. The topological polar surface area (TPSA) is 73.4 Å². The summed E-state index contributed by atoms with van der Waals surface area (Å²) in [7, 11) is 1.65. The van der Waals surface area contributed by atoms with Crippen LogP contribution >= 0.6 is 0 Å². The lowest BCUT2D eigenvalue weighted by Gasteiger charge is -2.32. The fourth-order valence-corrected chi connectivity index (χ4v) is 4.19. The lowest BCUT2D eigenvalue weighted by Crippen LogP contribution is -2.39. The summed E-state index contributed by atoms with van der Waals surface area (Å²) in [6.07, 6.45) is 8.06. The summed E-state index contributed by atoms with van der Waals surface area (Å²) in [4.78, 5) is 15.4. The Bertz CT molecular complexity index is 1450. The number of aromatic nitrogens is 6. The van der Waals surface area contributed by atoms with Gasteiger partial charge in [-0.1, -0.05) is 0 Å². The summed E-state index contributed by atoms with van der Waals surface area (Å²) in [6.45, 7) is 2.38. The van der Waals surface area contributed by atoms with Crippen molar-refractivity contribution in [3.8, 4) is 16.9 Å². The van der Waals surface area contributed by atoms with E-state index >= 15 is 0 Å². The quantitative estimate of drug-likeness (QED) is 0.398. The van der Waals surface area contributed by atoms with Crippen LogP contribution in [0, 0.1) is 5.95 Å². The number of hydrogen-bond donors (Lipinski definition) is 0. The van der Waals surface area contributed by atoms with Crippen molar-refractivity contribution >= 4 is 22.6 Å². The minimum Gasteiger partial charge on any atom is -0.494 e. The van der Waals surface area contributed by atoms with Crippen molar-refractivity contribution in [2.45, 2.75) is 13.0 Å². The summed E-state index contributed by atoms with van der Waals surface area (Å²) >= 11 is 0. The largest absolute Gasteiger partial charge is 0.494 e. The third-order valence-electron chi connectivity index (χ3n) is 5.90. The SMILES string of the molecule is COc1ccnn2ccc(-c3cnc4nc(N5CCC5)n(Cc5ccnc(F)c5)c4c3)c12.